The van der Waals surface area contributed by atoms with Crippen LogP contribution in [0.15, 0.2) is 66.9 Å². The van der Waals surface area contributed by atoms with Gasteiger partial charge < -0.3 is 14.4 Å². The van der Waals surface area contributed by atoms with Crippen molar-refractivity contribution >= 4 is 11.8 Å². The molecule has 0 amide bonds. The minimum Gasteiger partial charge on any atom is -0.436 e. The lowest BCUT2D eigenvalue weighted by atomic mass is 10.0. The van der Waals surface area contributed by atoms with Crippen LogP contribution in [0.1, 0.15) is 27.7 Å². The first-order valence-corrected chi connectivity index (χ1v) is 10.5. The molecule has 3 aromatic rings. The molecule has 6 heteroatoms. The summed E-state index contributed by atoms with van der Waals surface area (Å²) < 4.78 is 10.7. The second-order valence-corrected chi connectivity index (χ2v) is 7.49. The van der Waals surface area contributed by atoms with E-state index in [-0.39, 0.29) is 12.0 Å². The van der Waals surface area contributed by atoms with E-state index in [1.165, 1.54) is 6.92 Å². The van der Waals surface area contributed by atoms with Gasteiger partial charge in [-0.2, -0.15) is 0 Å². The van der Waals surface area contributed by atoms with Gasteiger partial charge in [0, 0.05) is 30.6 Å². The van der Waals surface area contributed by atoms with Crippen LogP contribution in [0.5, 0.6) is 0 Å². The third-order valence-corrected chi connectivity index (χ3v) is 4.79. The van der Waals surface area contributed by atoms with Gasteiger partial charge in [0.25, 0.3) is 0 Å². The highest BCUT2D eigenvalue weighted by molar-refractivity contribution is 5.78. The summed E-state index contributed by atoms with van der Waals surface area (Å²) in [5.74, 6) is 0.417. The average Bonchev–Trinajstić information content (AvgIpc) is 2.77. The zero-order chi connectivity index (χ0) is 22.2. The van der Waals surface area contributed by atoms with Crippen LogP contribution >= 0.6 is 0 Å². The Balaban J connectivity index is 1.90. The van der Waals surface area contributed by atoms with E-state index in [0.29, 0.717) is 13.2 Å². The number of benzene rings is 2. The number of hydrogen-bond donors (Lipinski definition) is 0. The van der Waals surface area contributed by atoms with Gasteiger partial charge in [0.05, 0.1) is 24.2 Å². The Morgan fingerprint density at radius 3 is 2.06 bits per heavy atom. The van der Waals surface area contributed by atoms with Crippen LogP contribution in [0.2, 0.25) is 0 Å². The van der Waals surface area contributed by atoms with Crippen molar-refractivity contribution in [1.82, 2.24) is 9.97 Å². The molecule has 2 aromatic carbocycles. The molecule has 1 atom stereocenters. The van der Waals surface area contributed by atoms with Gasteiger partial charge in [-0.05, 0) is 20.8 Å². The quantitative estimate of drug-likeness (QED) is 0.361. The van der Waals surface area contributed by atoms with Crippen molar-refractivity contribution in [1.29, 1.82) is 0 Å². The zero-order valence-electron chi connectivity index (χ0n) is 18.5. The van der Waals surface area contributed by atoms with E-state index in [1.807, 2.05) is 66.9 Å². The van der Waals surface area contributed by atoms with Crippen LogP contribution < -0.4 is 4.90 Å². The first-order chi connectivity index (χ1) is 15.0. The van der Waals surface area contributed by atoms with Gasteiger partial charge in [0.15, 0.2) is 6.29 Å². The number of esters is 1. The monoisotopic (exact) mass is 419 g/mol. The van der Waals surface area contributed by atoms with E-state index in [0.717, 1.165) is 28.3 Å². The normalized spacial score (nSPS) is 11.9. The lowest BCUT2D eigenvalue weighted by Crippen LogP contribution is -2.35. The van der Waals surface area contributed by atoms with Crippen LogP contribution in [0.4, 0.5) is 5.82 Å². The minimum absolute atomic E-state index is 0.188. The van der Waals surface area contributed by atoms with E-state index in [2.05, 4.69) is 18.7 Å². The summed E-state index contributed by atoms with van der Waals surface area (Å²) in [6, 6.07) is 20.4. The highest BCUT2D eigenvalue weighted by Crippen LogP contribution is 2.30. The molecular weight excluding hydrogens is 390 g/mol. The van der Waals surface area contributed by atoms with Gasteiger partial charge in [0.2, 0.25) is 0 Å². The number of hydrogen-bond acceptors (Lipinski definition) is 6. The summed E-state index contributed by atoms with van der Waals surface area (Å²) in [6.45, 7) is 8.28. The molecule has 31 heavy (non-hydrogen) atoms. The van der Waals surface area contributed by atoms with E-state index in [1.54, 1.807) is 6.92 Å². The average molecular weight is 420 g/mol. The minimum atomic E-state index is -0.585. The Hall–Kier alpha value is -3.25. The number of aromatic nitrogens is 2. The molecule has 0 bridgehead atoms. The van der Waals surface area contributed by atoms with Crippen molar-refractivity contribution in [2.75, 3.05) is 18.1 Å². The standard InChI is InChI=1S/C25H29N3O3/c1-18(2)28(15-16-30-20(4)31-19(3)29)23-17-26-24(21-11-7-5-8-12-21)25(27-23)22-13-9-6-10-14-22/h5-14,17-18,20H,15-16H2,1-4H3/t20-/m1/s1. The van der Waals surface area contributed by atoms with Crippen LogP contribution in [0.25, 0.3) is 22.5 Å². The molecule has 0 spiro atoms. The summed E-state index contributed by atoms with van der Waals surface area (Å²) in [5.41, 5.74) is 3.72. The van der Waals surface area contributed by atoms with Gasteiger partial charge >= 0.3 is 5.97 Å². The third kappa shape index (κ3) is 6.12. The summed E-state index contributed by atoms with van der Waals surface area (Å²) in [7, 11) is 0. The van der Waals surface area contributed by atoms with E-state index >= 15 is 0 Å². The number of nitrogens with zero attached hydrogens (tertiary/aromatic N) is 3. The maximum Gasteiger partial charge on any atom is 0.304 e. The molecule has 1 aromatic heterocycles. The molecule has 162 valence electrons. The molecule has 1 heterocycles. The van der Waals surface area contributed by atoms with E-state index in [9.17, 15) is 4.79 Å². The van der Waals surface area contributed by atoms with Gasteiger partial charge in [0.1, 0.15) is 5.82 Å². The fourth-order valence-electron chi connectivity index (χ4n) is 3.34. The Morgan fingerprint density at radius 1 is 0.935 bits per heavy atom. The van der Waals surface area contributed by atoms with Crippen LogP contribution in [0.3, 0.4) is 0 Å². The lowest BCUT2D eigenvalue weighted by molar-refractivity contribution is -0.171. The molecule has 0 aliphatic carbocycles. The predicted molar refractivity (Wildman–Crippen MR) is 123 cm³/mol. The Kier molecular flexibility index (Phi) is 7.73. The molecule has 3 rings (SSSR count). The largest absolute Gasteiger partial charge is 0.436 e. The van der Waals surface area contributed by atoms with E-state index < -0.39 is 6.29 Å². The third-order valence-electron chi connectivity index (χ3n) is 4.79. The van der Waals surface area contributed by atoms with Gasteiger partial charge in [-0.1, -0.05) is 60.7 Å². The molecule has 0 radical (unpaired) electrons. The first kappa shape index (κ1) is 22.4. The van der Waals surface area contributed by atoms with Gasteiger partial charge in [-0.15, -0.1) is 0 Å². The molecule has 0 aliphatic rings. The first-order valence-electron chi connectivity index (χ1n) is 10.5. The molecule has 0 N–H and O–H groups in total. The van der Waals surface area contributed by atoms with Crippen molar-refractivity contribution in [3.63, 3.8) is 0 Å². The number of carbonyl (C=O) groups is 1. The Bertz CT molecular complexity index is 978. The molecule has 0 saturated heterocycles. The van der Waals surface area contributed by atoms with Crippen molar-refractivity contribution in [3.05, 3.63) is 66.9 Å². The van der Waals surface area contributed by atoms with Crippen molar-refractivity contribution in [2.45, 2.75) is 40.0 Å². The molecular formula is C25H29N3O3. The Morgan fingerprint density at radius 2 is 1.52 bits per heavy atom. The smallest absolute Gasteiger partial charge is 0.304 e. The highest BCUT2D eigenvalue weighted by Gasteiger charge is 2.18. The van der Waals surface area contributed by atoms with Gasteiger partial charge in [-0.25, -0.2) is 4.98 Å². The topological polar surface area (TPSA) is 64.6 Å². The van der Waals surface area contributed by atoms with Crippen molar-refractivity contribution in [2.24, 2.45) is 0 Å². The van der Waals surface area contributed by atoms with Gasteiger partial charge in [-0.3, -0.25) is 9.78 Å². The van der Waals surface area contributed by atoms with Crippen LogP contribution in [0, 0.1) is 0 Å². The van der Waals surface area contributed by atoms with Crippen LogP contribution in [-0.4, -0.2) is 41.4 Å². The number of ether oxygens (including phenoxy) is 2. The number of carbonyl (C=O) groups excluding carboxylic acids is 1. The molecule has 0 aliphatic heterocycles. The molecule has 6 nitrogen and oxygen atoms in total. The SMILES string of the molecule is CC(=O)O[C@H](C)OCCN(c1cnc(-c2ccccc2)c(-c2ccccc2)n1)C(C)C. The lowest BCUT2D eigenvalue weighted by Gasteiger charge is -2.28. The second-order valence-electron chi connectivity index (χ2n) is 7.49. The summed E-state index contributed by atoms with van der Waals surface area (Å²) in [5, 5.41) is 0. The molecule has 0 fully saturated rings. The summed E-state index contributed by atoms with van der Waals surface area (Å²) >= 11 is 0. The summed E-state index contributed by atoms with van der Waals surface area (Å²) in [6.07, 6.45) is 1.22. The highest BCUT2D eigenvalue weighted by atomic mass is 16.7. The second kappa shape index (κ2) is 10.7. The van der Waals surface area contributed by atoms with Crippen molar-refractivity contribution in [3.8, 4) is 22.5 Å². The van der Waals surface area contributed by atoms with E-state index in [4.69, 9.17) is 19.4 Å². The Labute approximate surface area is 183 Å². The fourth-order valence-corrected chi connectivity index (χ4v) is 3.34. The van der Waals surface area contributed by atoms with Crippen molar-refractivity contribution < 1.29 is 14.3 Å². The number of anilines is 1. The maximum absolute atomic E-state index is 11.1. The fraction of sp³-hybridized carbons (Fsp3) is 0.320. The van der Waals surface area contributed by atoms with Crippen LogP contribution in [-0.2, 0) is 14.3 Å². The number of rotatable bonds is 9. The molecule has 0 saturated carbocycles. The summed E-state index contributed by atoms with van der Waals surface area (Å²) in [4.78, 5) is 23.0. The maximum atomic E-state index is 11.1. The molecule has 0 unspecified atom stereocenters. The zero-order valence-corrected chi connectivity index (χ0v) is 18.5. The predicted octanol–water partition coefficient (Wildman–Crippen LogP) is 4.95.